The Kier molecular flexibility index (Phi) is 12.8. The molecule has 120 valence electrons. The first-order chi connectivity index (χ1) is 10.8. The lowest BCUT2D eigenvalue weighted by atomic mass is 10.1. The van der Waals surface area contributed by atoms with Crippen LogP contribution in [0.2, 0.25) is 0 Å². The molecule has 0 atom stereocenters. The van der Waals surface area contributed by atoms with Crippen molar-refractivity contribution in [3.63, 3.8) is 0 Å². The highest BCUT2D eigenvalue weighted by Gasteiger charge is 2.09. The largest absolute Gasteiger partial charge is 0.334 e. The molecule has 0 aromatic heterocycles. The lowest BCUT2D eigenvalue weighted by Gasteiger charge is -2.21. The Hall–Kier alpha value is -1.13. The standard InChI is InChI=1S/C16H17NO.2CH3Br/c1-14(18)17(12-15-8-4-2-5-9-15)13-16-10-6-3-7-11-16;2*1-2/h2-11H,12-13H2,1H3;2*1H3. The number of amides is 1. The molecule has 22 heavy (non-hydrogen) atoms. The summed E-state index contributed by atoms with van der Waals surface area (Å²) in [5.74, 6) is 3.72. The van der Waals surface area contributed by atoms with Crippen molar-refractivity contribution >= 4 is 37.8 Å². The predicted molar refractivity (Wildman–Crippen MR) is 103 cm³/mol. The van der Waals surface area contributed by atoms with E-state index < -0.39 is 0 Å². The van der Waals surface area contributed by atoms with E-state index in [1.807, 2.05) is 77.2 Å². The summed E-state index contributed by atoms with van der Waals surface area (Å²) in [4.78, 5) is 13.5. The Morgan fingerprint density at radius 3 is 1.36 bits per heavy atom. The minimum Gasteiger partial charge on any atom is -0.334 e. The lowest BCUT2D eigenvalue weighted by molar-refractivity contribution is -0.130. The minimum absolute atomic E-state index is 0.0997. The van der Waals surface area contributed by atoms with Crippen LogP contribution in [0, 0.1) is 0 Å². The molecule has 2 rings (SSSR count). The summed E-state index contributed by atoms with van der Waals surface area (Å²) in [7, 11) is 0. The van der Waals surface area contributed by atoms with E-state index in [1.54, 1.807) is 6.92 Å². The van der Waals surface area contributed by atoms with Gasteiger partial charge >= 0.3 is 0 Å². The summed E-state index contributed by atoms with van der Waals surface area (Å²) >= 11 is 5.88. The number of halogens is 2. The number of benzene rings is 2. The molecule has 0 radical (unpaired) electrons. The molecule has 0 aliphatic heterocycles. The molecule has 2 nitrogen and oxygen atoms in total. The molecule has 2 aromatic carbocycles. The number of hydrogen-bond acceptors (Lipinski definition) is 1. The highest BCUT2D eigenvalue weighted by molar-refractivity contribution is 9.09. The molecule has 0 spiro atoms. The van der Waals surface area contributed by atoms with Crippen molar-refractivity contribution in [1.29, 1.82) is 0 Å². The van der Waals surface area contributed by atoms with Crippen LogP contribution in [0.4, 0.5) is 0 Å². The van der Waals surface area contributed by atoms with E-state index in [4.69, 9.17) is 0 Å². The molecule has 0 saturated carbocycles. The lowest BCUT2D eigenvalue weighted by Crippen LogP contribution is -2.27. The van der Waals surface area contributed by atoms with Crippen molar-refractivity contribution in [3.05, 3.63) is 71.8 Å². The molecule has 0 bridgehead atoms. The first kappa shape index (κ1) is 20.9. The topological polar surface area (TPSA) is 20.3 Å². The summed E-state index contributed by atoms with van der Waals surface area (Å²) in [6, 6.07) is 20.1. The molecule has 0 aliphatic rings. The average Bonchev–Trinajstić information content (AvgIpc) is 2.60. The van der Waals surface area contributed by atoms with Gasteiger partial charge in [-0.15, -0.1) is 0 Å². The molecule has 1 amide bonds. The highest BCUT2D eigenvalue weighted by atomic mass is 79.9. The fraction of sp³-hybridized carbons (Fsp3) is 0.278. The van der Waals surface area contributed by atoms with Crippen LogP contribution in [0.1, 0.15) is 18.1 Å². The Morgan fingerprint density at radius 1 is 0.773 bits per heavy atom. The maximum Gasteiger partial charge on any atom is 0.220 e. The first-order valence-corrected chi connectivity index (χ1v) is 10.0. The fourth-order valence-corrected chi connectivity index (χ4v) is 1.89. The van der Waals surface area contributed by atoms with E-state index >= 15 is 0 Å². The highest BCUT2D eigenvalue weighted by Crippen LogP contribution is 2.10. The van der Waals surface area contributed by atoms with E-state index in [9.17, 15) is 4.79 Å². The van der Waals surface area contributed by atoms with Crippen LogP contribution in [0.5, 0.6) is 0 Å². The molecule has 0 aliphatic carbocycles. The van der Waals surface area contributed by atoms with Crippen molar-refractivity contribution in [2.45, 2.75) is 20.0 Å². The molecule has 0 fully saturated rings. The van der Waals surface area contributed by atoms with Gasteiger partial charge in [0.25, 0.3) is 0 Å². The van der Waals surface area contributed by atoms with Gasteiger partial charge in [-0.3, -0.25) is 4.79 Å². The molecule has 0 saturated heterocycles. The number of carbonyl (C=O) groups is 1. The maximum absolute atomic E-state index is 11.7. The van der Waals surface area contributed by atoms with Crippen LogP contribution in [-0.4, -0.2) is 22.5 Å². The molecule has 0 heterocycles. The Labute approximate surface area is 150 Å². The van der Waals surface area contributed by atoms with Crippen LogP contribution in [0.15, 0.2) is 60.7 Å². The van der Waals surface area contributed by atoms with Gasteiger partial charge in [0, 0.05) is 20.0 Å². The van der Waals surface area contributed by atoms with Gasteiger partial charge in [0.1, 0.15) is 0 Å². The quantitative estimate of drug-likeness (QED) is 0.608. The predicted octanol–water partition coefficient (Wildman–Crippen LogP) is 5.26. The molecule has 2 aromatic rings. The van der Waals surface area contributed by atoms with Crippen LogP contribution in [0.25, 0.3) is 0 Å². The molecule has 0 unspecified atom stereocenters. The maximum atomic E-state index is 11.7. The van der Waals surface area contributed by atoms with Crippen molar-refractivity contribution in [1.82, 2.24) is 4.90 Å². The van der Waals surface area contributed by atoms with Crippen molar-refractivity contribution in [2.24, 2.45) is 0 Å². The number of alkyl halides is 2. The van der Waals surface area contributed by atoms with Crippen LogP contribution in [0.3, 0.4) is 0 Å². The van der Waals surface area contributed by atoms with Gasteiger partial charge in [0.15, 0.2) is 0 Å². The number of carbonyl (C=O) groups excluding carboxylic acids is 1. The summed E-state index contributed by atoms with van der Waals surface area (Å²) in [6.07, 6.45) is 0. The minimum atomic E-state index is 0.0997. The third-order valence-electron chi connectivity index (χ3n) is 2.88. The SMILES string of the molecule is CBr.CBr.CC(=O)N(Cc1ccccc1)Cc1ccccc1. The van der Waals surface area contributed by atoms with Crippen molar-refractivity contribution in [3.8, 4) is 0 Å². The summed E-state index contributed by atoms with van der Waals surface area (Å²) in [5, 5.41) is 0. The molecular weight excluding hydrogens is 406 g/mol. The van der Waals surface area contributed by atoms with E-state index in [0.717, 1.165) is 11.1 Å². The fourth-order valence-electron chi connectivity index (χ4n) is 1.89. The van der Waals surface area contributed by atoms with Crippen LogP contribution in [-0.2, 0) is 17.9 Å². The van der Waals surface area contributed by atoms with E-state index in [-0.39, 0.29) is 5.91 Å². The van der Waals surface area contributed by atoms with Gasteiger partial charge < -0.3 is 4.90 Å². The van der Waals surface area contributed by atoms with E-state index in [1.165, 1.54) is 0 Å². The van der Waals surface area contributed by atoms with Gasteiger partial charge in [-0.25, -0.2) is 0 Å². The normalized spacial score (nSPS) is 8.77. The average molecular weight is 429 g/mol. The molecule has 0 N–H and O–H groups in total. The summed E-state index contributed by atoms with van der Waals surface area (Å²) in [6.45, 7) is 2.93. The number of nitrogens with zero attached hydrogens (tertiary/aromatic N) is 1. The third kappa shape index (κ3) is 8.35. The zero-order valence-corrected chi connectivity index (χ0v) is 16.5. The summed E-state index contributed by atoms with van der Waals surface area (Å²) in [5.41, 5.74) is 2.31. The van der Waals surface area contributed by atoms with E-state index in [2.05, 4.69) is 31.9 Å². The van der Waals surface area contributed by atoms with Gasteiger partial charge in [-0.05, 0) is 22.8 Å². The van der Waals surface area contributed by atoms with Gasteiger partial charge in [-0.2, -0.15) is 0 Å². The van der Waals surface area contributed by atoms with Crippen molar-refractivity contribution < 1.29 is 4.79 Å². The second-order valence-corrected chi connectivity index (χ2v) is 4.35. The third-order valence-corrected chi connectivity index (χ3v) is 2.88. The Balaban J connectivity index is 0.00000102. The zero-order valence-electron chi connectivity index (χ0n) is 13.3. The number of hydrogen-bond donors (Lipinski definition) is 0. The van der Waals surface area contributed by atoms with Crippen molar-refractivity contribution in [2.75, 3.05) is 11.7 Å². The van der Waals surface area contributed by atoms with E-state index in [0.29, 0.717) is 13.1 Å². The first-order valence-electron chi connectivity index (χ1n) is 6.84. The smallest absolute Gasteiger partial charge is 0.220 e. The zero-order chi connectivity index (χ0) is 16.8. The summed E-state index contributed by atoms with van der Waals surface area (Å²) < 4.78 is 0. The second kappa shape index (κ2) is 13.5. The van der Waals surface area contributed by atoms with Gasteiger partial charge in [0.2, 0.25) is 5.91 Å². The Bertz CT molecular complexity index is 462. The Morgan fingerprint density at radius 2 is 1.09 bits per heavy atom. The van der Waals surface area contributed by atoms with Crippen LogP contribution >= 0.6 is 31.9 Å². The molecular formula is C18H23Br2NO. The second-order valence-electron chi connectivity index (χ2n) is 4.35. The monoisotopic (exact) mass is 427 g/mol. The van der Waals surface area contributed by atoms with Crippen LogP contribution < -0.4 is 0 Å². The molecule has 4 heteroatoms. The van der Waals surface area contributed by atoms with Gasteiger partial charge in [-0.1, -0.05) is 92.5 Å². The van der Waals surface area contributed by atoms with Gasteiger partial charge in [0.05, 0.1) is 0 Å². The number of rotatable bonds is 4.